The highest BCUT2D eigenvalue weighted by Gasteiger charge is 2.23. The molecule has 0 atom stereocenters. The van der Waals surface area contributed by atoms with Gasteiger partial charge in [-0.05, 0) is 30.5 Å². The number of carbonyl (C=O) groups excluding carboxylic acids is 1. The van der Waals surface area contributed by atoms with E-state index in [1.165, 1.54) is 0 Å². The Labute approximate surface area is 112 Å². The second-order valence-electron chi connectivity index (χ2n) is 4.64. The van der Waals surface area contributed by atoms with Gasteiger partial charge in [0.15, 0.2) is 0 Å². The van der Waals surface area contributed by atoms with Gasteiger partial charge in [-0.3, -0.25) is 4.79 Å². The van der Waals surface area contributed by atoms with Crippen LogP contribution in [0.2, 0.25) is 5.02 Å². The fraction of sp³-hybridized carbons (Fsp3) is 0.462. The molecule has 0 radical (unpaired) electrons. The lowest BCUT2D eigenvalue weighted by atomic mass is 9.96. The number of hydrogen-bond donors (Lipinski definition) is 2. The molecule has 1 heterocycles. The molecule has 1 aliphatic heterocycles. The van der Waals surface area contributed by atoms with Crippen LogP contribution in [0.15, 0.2) is 18.2 Å². The zero-order valence-corrected chi connectivity index (χ0v) is 11.0. The Balaban J connectivity index is 2.05. The molecule has 1 fully saturated rings. The lowest BCUT2D eigenvalue weighted by Gasteiger charge is -2.32. The van der Waals surface area contributed by atoms with Crippen LogP contribution in [0.25, 0.3) is 0 Å². The van der Waals surface area contributed by atoms with Gasteiger partial charge in [-0.2, -0.15) is 0 Å². The Morgan fingerprint density at radius 1 is 1.39 bits per heavy atom. The summed E-state index contributed by atoms with van der Waals surface area (Å²) in [4.78, 5) is 13.3. The van der Waals surface area contributed by atoms with Gasteiger partial charge < -0.3 is 16.4 Å². The zero-order valence-electron chi connectivity index (χ0n) is 10.2. The highest BCUT2D eigenvalue weighted by atomic mass is 35.5. The van der Waals surface area contributed by atoms with Crippen molar-refractivity contribution in [3.63, 3.8) is 0 Å². The first-order valence-corrected chi connectivity index (χ1v) is 6.52. The average molecular weight is 268 g/mol. The van der Waals surface area contributed by atoms with Crippen LogP contribution in [-0.2, 0) is 11.3 Å². The quantitative estimate of drug-likeness (QED) is 0.872. The van der Waals surface area contributed by atoms with Crippen LogP contribution in [0.3, 0.4) is 0 Å². The van der Waals surface area contributed by atoms with Crippen molar-refractivity contribution < 1.29 is 4.79 Å². The molecule has 2 rings (SSSR count). The predicted molar refractivity (Wildman–Crippen MR) is 73.5 cm³/mol. The van der Waals surface area contributed by atoms with Gasteiger partial charge in [0.05, 0.1) is 0 Å². The van der Waals surface area contributed by atoms with Crippen molar-refractivity contribution in [1.82, 2.24) is 0 Å². The molecule has 0 spiro atoms. The van der Waals surface area contributed by atoms with E-state index in [0.29, 0.717) is 11.6 Å². The monoisotopic (exact) mass is 267 g/mol. The maximum absolute atomic E-state index is 11.1. The second-order valence-corrected chi connectivity index (χ2v) is 5.05. The number of primary amides is 1. The first-order chi connectivity index (χ1) is 8.61. The number of rotatable bonds is 3. The Hall–Kier alpha value is -1.26. The number of piperidine rings is 1. The van der Waals surface area contributed by atoms with E-state index < -0.39 is 0 Å². The normalized spacial score (nSPS) is 16.9. The van der Waals surface area contributed by atoms with Gasteiger partial charge in [-0.15, -0.1) is 0 Å². The molecule has 98 valence electrons. The molecule has 0 unspecified atom stereocenters. The highest BCUT2D eigenvalue weighted by molar-refractivity contribution is 6.31. The van der Waals surface area contributed by atoms with Crippen LogP contribution >= 0.6 is 11.6 Å². The Morgan fingerprint density at radius 3 is 2.56 bits per heavy atom. The summed E-state index contributed by atoms with van der Waals surface area (Å²) >= 11 is 6.15. The van der Waals surface area contributed by atoms with Gasteiger partial charge in [0, 0.05) is 36.3 Å². The maximum atomic E-state index is 11.1. The topological polar surface area (TPSA) is 72.3 Å². The Kier molecular flexibility index (Phi) is 4.09. The molecule has 1 saturated heterocycles. The average Bonchev–Trinajstić information content (AvgIpc) is 2.38. The lowest BCUT2D eigenvalue weighted by Crippen LogP contribution is -2.38. The van der Waals surface area contributed by atoms with Crippen molar-refractivity contribution in [2.45, 2.75) is 19.4 Å². The Bertz CT molecular complexity index is 442. The van der Waals surface area contributed by atoms with E-state index in [2.05, 4.69) is 4.90 Å². The summed E-state index contributed by atoms with van der Waals surface area (Å²) in [5.74, 6) is -0.175. The second kappa shape index (κ2) is 5.59. The minimum atomic E-state index is -0.189. The Morgan fingerprint density at radius 2 is 2.06 bits per heavy atom. The third-order valence-electron chi connectivity index (χ3n) is 3.52. The van der Waals surface area contributed by atoms with Crippen LogP contribution < -0.4 is 16.4 Å². The number of halogens is 1. The fourth-order valence-corrected chi connectivity index (χ4v) is 2.57. The van der Waals surface area contributed by atoms with Crippen molar-refractivity contribution in [3.05, 3.63) is 28.8 Å². The summed E-state index contributed by atoms with van der Waals surface area (Å²) in [6.45, 7) is 2.13. The van der Waals surface area contributed by atoms with E-state index in [9.17, 15) is 4.79 Å². The molecule has 1 aromatic carbocycles. The van der Waals surface area contributed by atoms with E-state index >= 15 is 0 Å². The molecule has 18 heavy (non-hydrogen) atoms. The summed E-state index contributed by atoms with van der Waals surface area (Å²) in [5, 5.41) is 0.701. The number of anilines is 1. The van der Waals surface area contributed by atoms with E-state index in [4.69, 9.17) is 23.1 Å². The molecule has 0 bridgehead atoms. The molecule has 4 N–H and O–H groups in total. The SMILES string of the molecule is NCc1ccc(N2CCC(C(N)=O)CC2)cc1Cl. The molecule has 1 aliphatic rings. The van der Waals surface area contributed by atoms with Gasteiger partial charge in [-0.1, -0.05) is 17.7 Å². The van der Waals surface area contributed by atoms with Gasteiger partial charge in [0.1, 0.15) is 0 Å². The van der Waals surface area contributed by atoms with Crippen LogP contribution in [0, 0.1) is 5.92 Å². The number of carbonyl (C=O) groups is 1. The lowest BCUT2D eigenvalue weighted by molar-refractivity contribution is -0.122. The first kappa shape index (κ1) is 13.2. The van der Waals surface area contributed by atoms with Crippen molar-refractivity contribution >= 4 is 23.2 Å². The first-order valence-electron chi connectivity index (χ1n) is 6.14. The van der Waals surface area contributed by atoms with Gasteiger partial charge in [-0.25, -0.2) is 0 Å². The smallest absolute Gasteiger partial charge is 0.220 e. The van der Waals surface area contributed by atoms with Crippen LogP contribution in [0.4, 0.5) is 5.69 Å². The predicted octanol–water partition coefficient (Wildman–Crippen LogP) is 1.50. The zero-order chi connectivity index (χ0) is 13.1. The number of hydrogen-bond acceptors (Lipinski definition) is 3. The molecule has 1 amide bonds. The molecular weight excluding hydrogens is 250 g/mol. The standard InChI is InChI=1S/C13H18ClN3O/c14-12-7-11(2-1-10(12)8-15)17-5-3-9(4-6-17)13(16)18/h1-2,7,9H,3-6,8,15H2,(H2,16,18). The van der Waals surface area contributed by atoms with Gasteiger partial charge in [0.2, 0.25) is 5.91 Å². The number of amides is 1. The third-order valence-corrected chi connectivity index (χ3v) is 3.87. The van der Waals surface area contributed by atoms with Crippen molar-refractivity contribution in [1.29, 1.82) is 0 Å². The minimum absolute atomic E-state index is 0.0139. The summed E-state index contributed by atoms with van der Waals surface area (Å²) in [6.07, 6.45) is 1.62. The van der Waals surface area contributed by atoms with E-state index in [0.717, 1.165) is 37.2 Å². The van der Waals surface area contributed by atoms with Crippen molar-refractivity contribution in [2.24, 2.45) is 17.4 Å². The van der Waals surface area contributed by atoms with Crippen molar-refractivity contribution in [2.75, 3.05) is 18.0 Å². The summed E-state index contributed by atoms with van der Waals surface area (Å²) in [7, 11) is 0. The number of nitrogens with zero attached hydrogens (tertiary/aromatic N) is 1. The maximum Gasteiger partial charge on any atom is 0.220 e. The van der Waals surface area contributed by atoms with E-state index in [1.807, 2.05) is 18.2 Å². The van der Waals surface area contributed by atoms with Gasteiger partial charge in [0.25, 0.3) is 0 Å². The van der Waals surface area contributed by atoms with Crippen LogP contribution in [-0.4, -0.2) is 19.0 Å². The molecule has 0 saturated carbocycles. The summed E-state index contributed by atoms with van der Waals surface area (Å²) in [5.41, 5.74) is 12.9. The van der Waals surface area contributed by atoms with Crippen LogP contribution in [0.5, 0.6) is 0 Å². The number of nitrogens with two attached hydrogens (primary N) is 2. The molecule has 1 aromatic rings. The summed E-state index contributed by atoms with van der Waals surface area (Å²) in [6, 6.07) is 5.92. The largest absolute Gasteiger partial charge is 0.371 e. The molecule has 0 aliphatic carbocycles. The highest BCUT2D eigenvalue weighted by Crippen LogP contribution is 2.27. The molecular formula is C13H18ClN3O. The fourth-order valence-electron chi connectivity index (χ4n) is 2.32. The summed E-state index contributed by atoms with van der Waals surface area (Å²) < 4.78 is 0. The van der Waals surface area contributed by atoms with Crippen molar-refractivity contribution in [3.8, 4) is 0 Å². The number of benzene rings is 1. The molecule has 5 heteroatoms. The van der Waals surface area contributed by atoms with Gasteiger partial charge >= 0.3 is 0 Å². The van der Waals surface area contributed by atoms with Crippen LogP contribution in [0.1, 0.15) is 18.4 Å². The van der Waals surface area contributed by atoms with E-state index in [1.54, 1.807) is 0 Å². The minimum Gasteiger partial charge on any atom is -0.371 e. The van der Waals surface area contributed by atoms with E-state index in [-0.39, 0.29) is 11.8 Å². The molecule has 0 aromatic heterocycles. The third kappa shape index (κ3) is 2.76. The molecule has 4 nitrogen and oxygen atoms in total.